The minimum Gasteiger partial charge on any atom is -0.330 e. The van der Waals surface area contributed by atoms with E-state index in [9.17, 15) is 4.79 Å². The molecule has 3 heteroatoms. The first kappa shape index (κ1) is 15.3. The maximum Gasteiger partial charge on any atom is 0.224 e. The van der Waals surface area contributed by atoms with Crippen LogP contribution in [0.25, 0.3) is 0 Å². The largest absolute Gasteiger partial charge is 0.330 e. The molecule has 0 aliphatic carbocycles. The molecule has 0 saturated carbocycles. The van der Waals surface area contributed by atoms with Crippen molar-refractivity contribution in [2.24, 2.45) is 5.73 Å². The summed E-state index contributed by atoms with van der Waals surface area (Å²) >= 11 is 0. The van der Waals surface area contributed by atoms with Crippen LogP contribution in [0.4, 0.5) is 5.69 Å². The second-order valence-electron chi connectivity index (χ2n) is 5.21. The fourth-order valence-corrected chi connectivity index (χ4v) is 2.28. The van der Waals surface area contributed by atoms with Crippen molar-refractivity contribution in [3.05, 3.63) is 65.2 Å². The lowest BCUT2D eigenvalue weighted by molar-refractivity contribution is -0.116. The Bertz CT molecular complexity index is 590. The van der Waals surface area contributed by atoms with E-state index < -0.39 is 0 Å². The third-order valence-electron chi connectivity index (χ3n) is 3.55. The quantitative estimate of drug-likeness (QED) is 0.855. The number of rotatable bonds is 6. The first-order chi connectivity index (χ1) is 10.2. The Labute approximate surface area is 126 Å². The van der Waals surface area contributed by atoms with Crippen molar-refractivity contribution >= 4 is 11.6 Å². The van der Waals surface area contributed by atoms with Gasteiger partial charge in [-0.05, 0) is 55.1 Å². The molecule has 0 aliphatic heterocycles. The van der Waals surface area contributed by atoms with Gasteiger partial charge in [0.25, 0.3) is 0 Å². The summed E-state index contributed by atoms with van der Waals surface area (Å²) in [6.07, 6.45) is 2.13. The highest BCUT2D eigenvalue weighted by Gasteiger charge is 2.04. The fourth-order valence-electron chi connectivity index (χ4n) is 2.28. The number of aryl methyl sites for hydroxylation is 2. The molecule has 0 aliphatic rings. The average Bonchev–Trinajstić information content (AvgIpc) is 2.49. The molecule has 0 aromatic heterocycles. The average molecular weight is 282 g/mol. The molecule has 2 aromatic rings. The Balaban J connectivity index is 1.85. The van der Waals surface area contributed by atoms with Crippen LogP contribution in [0.2, 0.25) is 0 Å². The van der Waals surface area contributed by atoms with E-state index in [1.807, 2.05) is 36.4 Å². The Morgan fingerprint density at radius 3 is 2.43 bits per heavy atom. The summed E-state index contributed by atoms with van der Waals surface area (Å²) in [5.74, 6) is 0.0461. The summed E-state index contributed by atoms with van der Waals surface area (Å²) in [4.78, 5) is 12.0. The minimum absolute atomic E-state index is 0.0461. The van der Waals surface area contributed by atoms with Crippen LogP contribution >= 0.6 is 0 Å². The molecule has 2 rings (SSSR count). The number of amides is 1. The van der Waals surface area contributed by atoms with Gasteiger partial charge in [0.05, 0.1) is 0 Å². The summed E-state index contributed by atoms with van der Waals surface area (Å²) in [7, 11) is 0. The number of hydrogen-bond acceptors (Lipinski definition) is 2. The van der Waals surface area contributed by atoms with Gasteiger partial charge in [-0.3, -0.25) is 4.79 Å². The predicted octanol–water partition coefficient (Wildman–Crippen LogP) is 3.07. The molecule has 0 fully saturated rings. The van der Waals surface area contributed by atoms with Gasteiger partial charge < -0.3 is 11.1 Å². The van der Waals surface area contributed by atoms with Gasteiger partial charge in [0.2, 0.25) is 5.91 Å². The molecule has 0 radical (unpaired) electrons. The van der Waals surface area contributed by atoms with Gasteiger partial charge in [-0.1, -0.05) is 36.4 Å². The normalized spacial score (nSPS) is 10.4. The molecule has 0 bridgehead atoms. The molecule has 21 heavy (non-hydrogen) atoms. The summed E-state index contributed by atoms with van der Waals surface area (Å²) in [6, 6.07) is 16.0. The molecule has 0 spiro atoms. The van der Waals surface area contributed by atoms with Crippen molar-refractivity contribution in [1.29, 1.82) is 0 Å². The third kappa shape index (κ3) is 4.72. The standard InChI is InChI=1S/C18H22N2O/c1-14-4-2-3-5-16(14)8-11-18(21)20-17-9-6-15(7-10-17)12-13-19/h2-7,9-10H,8,11-13,19H2,1H3,(H,20,21). The van der Waals surface area contributed by atoms with E-state index in [0.717, 1.165) is 18.5 Å². The molecule has 0 heterocycles. The second kappa shape index (κ2) is 7.60. The number of nitrogens with two attached hydrogens (primary N) is 1. The summed E-state index contributed by atoms with van der Waals surface area (Å²) < 4.78 is 0. The first-order valence-electron chi connectivity index (χ1n) is 7.32. The SMILES string of the molecule is Cc1ccccc1CCC(=O)Nc1ccc(CCN)cc1. The van der Waals surface area contributed by atoms with Crippen LogP contribution in [0.15, 0.2) is 48.5 Å². The Hall–Kier alpha value is -2.13. The number of nitrogens with one attached hydrogen (secondary N) is 1. The molecular weight excluding hydrogens is 260 g/mol. The Morgan fingerprint density at radius 1 is 1.05 bits per heavy atom. The second-order valence-corrected chi connectivity index (χ2v) is 5.21. The topological polar surface area (TPSA) is 55.1 Å². The fraction of sp³-hybridized carbons (Fsp3) is 0.278. The zero-order chi connectivity index (χ0) is 15.1. The molecule has 0 atom stereocenters. The first-order valence-corrected chi connectivity index (χ1v) is 7.32. The van der Waals surface area contributed by atoms with E-state index in [1.165, 1.54) is 16.7 Å². The molecule has 3 nitrogen and oxygen atoms in total. The van der Waals surface area contributed by atoms with Crippen molar-refractivity contribution < 1.29 is 4.79 Å². The van der Waals surface area contributed by atoms with E-state index in [2.05, 4.69) is 24.4 Å². The molecule has 0 saturated heterocycles. The van der Waals surface area contributed by atoms with E-state index in [-0.39, 0.29) is 5.91 Å². The Kier molecular flexibility index (Phi) is 5.52. The van der Waals surface area contributed by atoms with Crippen molar-refractivity contribution in [3.63, 3.8) is 0 Å². The number of anilines is 1. The summed E-state index contributed by atoms with van der Waals surface area (Å²) in [5, 5.41) is 2.93. The number of benzene rings is 2. The number of carbonyl (C=O) groups excluding carboxylic acids is 1. The molecule has 3 N–H and O–H groups in total. The van der Waals surface area contributed by atoms with Crippen molar-refractivity contribution in [2.75, 3.05) is 11.9 Å². The zero-order valence-corrected chi connectivity index (χ0v) is 12.4. The number of carbonyl (C=O) groups is 1. The molecule has 0 unspecified atom stereocenters. The van der Waals surface area contributed by atoms with Gasteiger partial charge in [0.1, 0.15) is 0 Å². The van der Waals surface area contributed by atoms with E-state index in [0.29, 0.717) is 13.0 Å². The van der Waals surface area contributed by atoms with Crippen LogP contribution < -0.4 is 11.1 Å². The zero-order valence-electron chi connectivity index (χ0n) is 12.4. The monoisotopic (exact) mass is 282 g/mol. The lowest BCUT2D eigenvalue weighted by Gasteiger charge is -2.08. The maximum absolute atomic E-state index is 12.0. The van der Waals surface area contributed by atoms with E-state index in [1.54, 1.807) is 0 Å². The van der Waals surface area contributed by atoms with Crippen LogP contribution in [0.1, 0.15) is 23.1 Å². The third-order valence-corrected chi connectivity index (χ3v) is 3.55. The van der Waals surface area contributed by atoms with E-state index in [4.69, 9.17) is 5.73 Å². The molecular formula is C18H22N2O. The maximum atomic E-state index is 12.0. The van der Waals surface area contributed by atoms with Gasteiger partial charge >= 0.3 is 0 Å². The molecule has 110 valence electrons. The molecule has 1 amide bonds. The highest BCUT2D eigenvalue weighted by molar-refractivity contribution is 5.90. The van der Waals surface area contributed by atoms with Gasteiger partial charge in [-0.2, -0.15) is 0 Å². The highest BCUT2D eigenvalue weighted by Crippen LogP contribution is 2.12. The van der Waals surface area contributed by atoms with Crippen molar-refractivity contribution in [2.45, 2.75) is 26.2 Å². The van der Waals surface area contributed by atoms with Gasteiger partial charge in [0, 0.05) is 12.1 Å². The van der Waals surface area contributed by atoms with Crippen LogP contribution in [-0.4, -0.2) is 12.5 Å². The smallest absolute Gasteiger partial charge is 0.224 e. The van der Waals surface area contributed by atoms with Gasteiger partial charge in [-0.15, -0.1) is 0 Å². The molecule has 2 aromatic carbocycles. The van der Waals surface area contributed by atoms with Crippen LogP contribution in [0.5, 0.6) is 0 Å². The van der Waals surface area contributed by atoms with Crippen LogP contribution in [0, 0.1) is 6.92 Å². The lowest BCUT2D eigenvalue weighted by Crippen LogP contribution is -2.12. The minimum atomic E-state index is 0.0461. The van der Waals surface area contributed by atoms with Gasteiger partial charge in [-0.25, -0.2) is 0 Å². The Morgan fingerprint density at radius 2 is 1.76 bits per heavy atom. The number of hydrogen-bond donors (Lipinski definition) is 2. The van der Waals surface area contributed by atoms with Crippen molar-refractivity contribution in [1.82, 2.24) is 0 Å². The van der Waals surface area contributed by atoms with Crippen LogP contribution in [-0.2, 0) is 17.6 Å². The summed E-state index contributed by atoms with van der Waals surface area (Å²) in [6.45, 7) is 2.71. The highest BCUT2D eigenvalue weighted by atomic mass is 16.1. The van der Waals surface area contributed by atoms with Crippen molar-refractivity contribution in [3.8, 4) is 0 Å². The summed E-state index contributed by atoms with van der Waals surface area (Å²) in [5.41, 5.74) is 10.0. The lowest BCUT2D eigenvalue weighted by atomic mass is 10.0. The van der Waals surface area contributed by atoms with Crippen LogP contribution in [0.3, 0.4) is 0 Å². The van der Waals surface area contributed by atoms with E-state index >= 15 is 0 Å². The van der Waals surface area contributed by atoms with Gasteiger partial charge in [0.15, 0.2) is 0 Å². The predicted molar refractivity (Wildman–Crippen MR) is 87.3 cm³/mol.